The van der Waals surface area contributed by atoms with Crippen molar-refractivity contribution >= 4 is 16.9 Å². The van der Waals surface area contributed by atoms with Crippen LogP contribution < -0.4 is 0 Å². The minimum atomic E-state index is -0.867. The molecule has 0 aliphatic heterocycles. The van der Waals surface area contributed by atoms with E-state index in [-0.39, 0.29) is 10.9 Å². The zero-order valence-electron chi connectivity index (χ0n) is 7.07. The Morgan fingerprint density at radius 3 is 2.08 bits per heavy atom. The van der Waals surface area contributed by atoms with Gasteiger partial charge >= 0.3 is 5.97 Å². The van der Waals surface area contributed by atoms with Crippen LogP contribution in [0.2, 0.25) is 0 Å². The third-order valence-electron chi connectivity index (χ3n) is 1.57. The van der Waals surface area contributed by atoms with Crippen molar-refractivity contribution in [3.63, 3.8) is 0 Å². The summed E-state index contributed by atoms with van der Waals surface area (Å²) in [7, 11) is 0.207. The molecular weight excluding hydrogens is 172 g/mol. The van der Waals surface area contributed by atoms with Crippen LogP contribution in [0.1, 0.15) is 10.4 Å². The Hall–Kier alpha value is -0.960. The van der Waals surface area contributed by atoms with Crippen LogP contribution in [0, 0.1) is 0 Å². The largest absolute Gasteiger partial charge is 0.478 e. The van der Waals surface area contributed by atoms with Gasteiger partial charge in [-0.2, -0.15) is 0 Å². The van der Waals surface area contributed by atoms with E-state index in [9.17, 15) is 4.79 Å². The molecule has 0 saturated heterocycles. The van der Waals surface area contributed by atoms with E-state index in [1.165, 1.54) is 4.90 Å². The lowest BCUT2D eigenvalue weighted by Gasteiger charge is -1.96. The van der Waals surface area contributed by atoms with Gasteiger partial charge in [0.1, 0.15) is 12.5 Å². The molecule has 0 spiro atoms. The van der Waals surface area contributed by atoms with Gasteiger partial charge in [-0.05, 0) is 24.3 Å². The minimum Gasteiger partial charge on any atom is -0.478 e. The summed E-state index contributed by atoms with van der Waals surface area (Å²) >= 11 is 0. The summed E-state index contributed by atoms with van der Waals surface area (Å²) in [6.07, 6.45) is 4.21. The number of rotatable bonds is 2. The zero-order valence-corrected chi connectivity index (χ0v) is 7.89. The zero-order chi connectivity index (χ0) is 9.14. The lowest BCUT2D eigenvalue weighted by molar-refractivity contribution is 0.0697. The normalized spacial score (nSPS) is 10.2. The van der Waals surface area contributed by atoms with Crippen LogP contribution in [-0.4, -0.2) is 23.6 Å². The number of carboxylic acid groups (broad SMARTS) is 1. The molecule has 0 heterocycles. The van der Waals surface area contributed by atoms with Crippen molar-refractivity contribution < 1.29 is 9.90 Å². The first-order valence-corrected chi connectivity index (χ1v) is 5.56. The molecule has 0 unspecified atom stereocenters. The van der Waals surface area contributed by atoms with Crippen LogP contribution in [0.4, 0.5) is 0 Å². The number of benzene rings is 1. The molecule has 0 aliphatic rings. The second kappa shape index (κ2) is 3.63. The fourth-order valence-corrected chi connectivity index (χ4v) is 1.55. The van der Waals surface area contributed by atoms with Crippen LogP contribution in [0.25, 0.3) is 0 Å². The van der Waals surface area contributed by atoms with Crippen molar-refractivity contribution in [3.05, 3.63) is 29.8 Å². The first-order chi connectivity index (χ1) is 5.61. The molecule has 0 aromatic heterocycles. The fourth-order valence-electron chi connectivity index (χ4n) is 0.870. The van der Waals surface area contributed by atoms with Gasteiger partial charge in [-0.15, -0.1) is 0 Å². The van der Waals surface area contributed by atoms with Crippen LogP contribution >= 0.6 is 0 Å². The molecule has 12 heavy (non-hydrogen) atoms. The Labute approximate surface area is 74.6 Å². The van der Waals surface area contributed by atoms with Crippen molar-refractivity contribution in [2.75, 3.05) is 12.5 Å². The first kappa shape index (κ1) is 9.13. The second-order valence-electron chi connectivity index (χ2n) is 2.65. The van der Waals surface area contributed by atoms with Gasteiger partial charge in [-0.3, -0.25) is 0 Å². The molecule has 3 heteroatoms. The van der Waals surface area contributed by atoms with Crippen molar-refractivity contribution in [1.82, 2.24) is 0 Å². The predicted molar refractivity (Wildman–Crippen MR) is 50.9 cm³/mol. The van der Waals surface area contributed by atoms with Gasteiger partial charge in [0.2, 0.25) is 0 Å². The maximum Gasteiger partial charge on any atom is 0.335 e. The average molecular weight is 183 g/mol. The Balaban J connectivity index is 2.93. The van der Waals surface area contributed by atoms with Gasteiger partial charge in [-0.1, -0.05) is 0 Å². The van der Waals surface area contributed by atoms with Crippen molar-refractivity contribution in [2.24, 2.45) is 0 Å². The summed E-state index contributed by atoms with van der Waals surface area (Å²) in [4.78, 5) is 11.7. The lowest BCUT2D eigenvalue weighted by atomic mass is 10.2. The predicted octanol–water partition coefficient (Wildman–Crippen LogP) is 1.62. The van der Waals surface area contributed by atoms with E-state index in [1.807, 2.05) is 12.1 Å². The summed E-state index contributed by atoms with van der Waals surface area (Å²) in [5.74, 6) is -0.867. The monoisotopic (exact) mass is 183 g/mol. The summed E-state index contributed by atoms with van der Waals surface area (Å²) in [5, 5.41) is 8.62. The van der Waals surface area contributed by atoms with E-state index in [0.717, 1.165) is 0 Å². The second-order valence-corrected chi connectivity index (χ2v) is 4.75. The number of aromatic carboxylic acids is 1. The SMILES string of the molecule is C[S+](C)c1ccc(C(=O)O)cc1. The van der Waals surface area contributed by atoms with Gasteiger partial charge in [0.25, 0.3) is 0 Å². The van der Waals surface area contributed by atoms with Crippen LogP contribution in [-0.2, 0) is 10.9 Å². The highest BCUT2D eigenvalue weighted by atomic mass is 32.2. The Morgan fingerprint density at radius 1 is 1.25 bits per heavy atom. The van der Waals surface area contributed by atoms with Gasteiger partial charge in [-0.25, -0.2) is 4.79 Å². The van der Waals surface area contributed by atoms with E-state index >= 15 is 0 Å². The molecule has 2 nitrogen and oxygen atoms in total. The smallest absolute Gasteiger partial charge is 0.335 e. The van der Waals surface area contributed by atoms with Crippen LogP contribution in [0.3, 0.4) is 0 Å². The van der Waals surface area contributed by atoms with Gasteiger partial charge in [0, 0.05) is 10.9 Å². The molecule has 0 radical (unpaired) electrons. The highest BCUT2D eigenvalue weighted by Crippen LogP contribution is 2.10. The molecule has 1 N–H and O–H groups in total. The quantitative estimate of drug-likeness (QED) is 0.707. The molecule has 1 rings (SSSR count). The van der Waals surface area contributed by atoms with Gasteiger partial charge in [0.15, 0.2) is 4.90 Å². The summed E-state index contributed by atoms with van der Waals surface area (Å²) in [5.41, 5.74) is 0.351. The van der Waals surface area contributed by atoms with E-state index in [0.29, 0.717) is 5.56 Å². The third kappa shape index (κ3) is 2.01. The standard InChI is InChI=1S/C9H10O2S/c1-12(2)8-5-3-7(4-6-8)9(10)11/h3-6H,1-2H3/p+1. The Bertz CT molecular complexity index is 277. The first-order valence-electron chi connectivity index (χ1n) is 3.52. The molecule has 0 saturated carbocycles. The van der Waals surface area contributed by atoms with Crippen LogP contribution in [0.5, 0.6) is 0 Å². The molecule has 0 bridgehead atoms. The number of hydrogen-bond acceptors (Lipinski definition) is 1. The van der Waals surface area contributed by atoms with Crippen molar-refractivity contribution in [1.29, 1.82) is 0 Å². The average Bonchev–Trinajstić information content (AvgIpc) is 2.04. The topological polar surface area (TPSA) is 37.3 Å². The van der Waals surface area contributed by atoms with Gasteiger partial charge in [0.05, 0.1) is 5.56 Å². The fraction of sp³-hybridized carbons (Fsp3) is 0.222. The van der Waals surface area contributed by atoms with Crippen molar-refractivity contribution in [3.8, 4) is 0 Å². The summed E-state index contributed by atoms with van der Waals surface area (Å²) < 4.78 is 0. The number of carboxylic acids is 1. The summed E-state index contributed by atoms with van der Waals surface area (Å²) in [6, 6.07) is 7.02. The lowest BCUT2D eigenvalue weighted by Crippen LogP contribution is -1.99. The summed E-state index contributed by atoms with van der Waals surface area (Å²) in [6.45, 7) is 0. The van der Waals surface area contributed by atoms with Gasteiger partial charge < -0.3 is 5.11 Å². The van der Waals surface area contributed by atoms with Crippen LogP contribution in [0.15, 0.2) is 29.2 Å². The highest BCUT2D eigenvalue weighted by molar-refractivity contribution is 7.95. The number of carbonyl (C=O) groups is 1. The molecule has 0 atom stereocenters. The molecule has 64 valence electrons. The maximum absolute atomic E-state index is 10.5. The molecule has 1 aromatic carbocycles. The Kier molecular flexibility index (Phi) is 2.76. The molecule has 0 amide bonds. The molecule has 0 fully saturated rings. The minimum absolute atomic E-state index is 0.207. The Morgan fingerprint density at radius 2 is 1.75 bits per heavy atom. The van der Waals surface area contributed by atoms with E-state index < -0.39 is 5.97 Å². The highest BCUT2D eigenvalue weighted by Gasteiger charge is 2.08. The molecular formula is C9H11O2S+. The molecule has 0 aliphatic carbocycles. The third-order valence-corrected chi connectivity index (χ3v) is 2.79. The van der Waals surface area contributed by atoms with E-state index in [1.54, 1.807) is 12.1 Å². The van der Waals surface area contributed by atoms with E-state index in [2.05, 4.69) is 12.5 Å². The maximum atomic E-state index is 10.5. The van der Waals surface area contributed by atoms with E-state index in [4.69, 9.17) is 5.11 Å². The number of hydrogen-bond donors (Lipinski definition) is 1. The molecule has 1 aromatic rings. The van der Waals surface area contributed by atoms with Crippen molar-refractivity contribution in [2.45, 2.75) is 4.90 Å².